The third-order valence-electron chi connectivity index (χ3n) is 5.56. The highest BCUT2D eigenvalue weighted by molar-refractivity contribution is 7.92. The number of alkyl halides is 3. The third kappa shape index (κ3) is 6.54. The number of sulfonamides is 1. The standard InChI is InChI=1S/C23H20ClF4N3O5S2/c24-17-10-20(38(33,34)31(21-13-37-14-29-21)36-22(32)23(26,27)28)18(25)11-19(17)35-16-6-8-30(9-7-16)12-15-4-2-1-3-5-15/h1-5,10-11,13-14,16H,6-9,12H2. The smallest absolute Gasteiger partial charge is 0.489 e. The van der Waals surface area contributed by atoms with E-state index >= 15 is 4.39 Å². The minimum Gasteiger partial charge on any atom is -0.489 e. The predicted octanol–water partition coefficient (Wildman–Crippen LogP) is 5.19. The zero-order valence-electron chi connectivity index (χ0n) is 19.4. The molecule has 0 saturated carbocycles. The van der Waals surface area contributed by atoms with Gasteiger partial charge in [-0.3, -0.25) is 4.90 Å². The van der Waals surface area contributed by atoms with E-state index in [0.29, 0.717) is 32.0 Å². The van der Waals surface area contributed by atoms with E-state index in [9.17, 15) is 26.4 Å². The van der Waals surface area contributed by atoms with Gasteiger partial charge in [-0.15, -0.1) is 11.3 Å². The average Bonchev–Trinajstić information content (AvgIpc) is 3.40. The Morgan fingerprint density at radius 1 is 1.18 bits per heavy atom. The summed E-state index contributed by atoms with van der Waals surface area (Å²) in [6.45, 7) is 2.18. The van der Waals surface area contributed by atoms with E-state index in [0.717, 1.165) is 34.8 Å². The van der Waals surface area contributed by atoms with E-state index < -0.39 is 43.2 Å². The Kier molecular flexibility index (Phi) is 8.45. The largest absolute Gasteiger partial charge is 0.493 e. The van der Waals surface area contributed by atoms with Crippen LogP contribution in [0.1, 0.15) is 18.4 Å². The number of aromatic nitrogens is 1. The summed E-state index contributed by atoms with van der Waals surface area (Å²) in [5, 5.41) is 0.708. The van der Waals surface area contributed by atoms with Gasteiger partial charge in [0.1, 0.15) is 22.6 Å². The summed E-state index contributed by atoms with van der Waals surface area (Å²) < 4.78 is 84.9. The van der Waals surface area contributed by atoms with Crippen LogP contribution in [0.25, 0.3) is 0 Å². The van der Waals surface area contributed by atoms with Crippen LogP contribution in [-0.4, -0.2) is 49.6 Å². The summed E-state index contributed by atoms with van der Waals surface area (Å²) >= 11 is 6.99. The first kappa shape index (κ1) is 28.1. The minimum atomic E-state index is -5.52. The van der Waals surface area contributed by atoms with Crippen molar-refractivity contribution >= 4 is 44.7 Å². The highest BCUT2D eigenvalue weighted by atomic mass is 35.5. The molecule has 1 aliphatic heterocycles. The van der Waals surface area contributed by atoms with Crippen LogP contribution in [0.5, 0.6) is 5.75 Å². The molecule has 15 heteroatoms. The number of carbonyl (C=O) groups is 1. The Labute approximate surface area is 224 Å². The summed E-state index contributed by atoms with van der Waals surface area (Å²) in [7, 11) is -5.21. The number of carbonyl (C=O) groups excluding carboxylic acids is 1. The molecule has 1 fully saturated rings. The van der Waals surface area contributed by atoms with Crippen molar-refractivity contribution in [1.82, 2.24) is 9.88 Å². The zero-order chi connectivity index (χ0) is 27.5. The van der Waals surface area contributed by atoms with Crippen molar-refractivity contribution < 1.29 is 40.3 Å². The third-order valence-corrected chi connectivity index (χ3v) is 8.00. The lowest BCUT2D eigenvalue weighted by Gasteiger charge is -2.32. The molecule has 38 heavy (non-hydrogen) atoms. The highest BCUT2D eigenvalue weighted by Crippen LogP contribution is 2.35. The Morgan fingerprint density at radius 3 is 2.47 bits per heavy atom. The van der Waals surface area contributed by atoms with E-state index in [1.165, 1.54) is 5.56 Å². The van der Waals surface area contributed by atoms with Crippen LogP contribution in [-0.2, 0) is 26.2 Å². The number of hydrogen-bond donors (Lipinski definition) is 0. The van der Waals surface area contributed by atoms with E-state index in [4.69, 9.17) is 16.3 Å². The Hall–Kier alpha value is -2.94. The maximum Gasteiger partial charge on any atom is 0.493 e. The van der Waals surface area contributed by atoms with Gasteiger partial charge in [-0.05, 0) is 24.5 Å². The number of halogens is 5. The Morgan fingerprint density at radius 2 is 1.87 bits per heavy atom. The van der Waals surface area contributed by atoms with E-state index in [2.05, 4.69) is 14.7 Å². The molecule has 4 rings (SSSR count). The van der Waals surface area contributed by atoms with Crippen LogP contribution < -0.4 is 9.21 Å². The molecule has 0 aliphatic carbocycles. The molecule has 8 nitrogen and oxygen atoms in total. The monoisotopic (exact) mass is 593 g/mol. The summed E-state index contributed by atoms with van der Waals surface area (Å²) in [6, 6.07) is 11.3. The molecular weight excluding hydrogens is 574 g/mol. The number of thiazole rings is 1. The summed E-state index contributed by atoms with van der Waals surface area (Å²) in [6.07, 6.45) is -4.62. The number of rotatable bonds is 8. The van der Waals surface area contributed by atoms with Crippen molar-refractivity contribution in [3.05, 3.63) is 69.8 Å². The van der Waals surface area contributed by atoms with Crippen LogP contribution in [0.2, 0.25) is 5.02 Å². The lowest BCUT2D eigenvalue weighted by molar-refractivity contribution is -0.199. The second-order valence-corrected chi connectivity index (χ2v) is 11.1. The molecule has 0 amide bonds. The van der Waals surface area contributed by atoms with Crippen molar-refractivity contribution in [3.8, 4) is 5.75 Å². The number of likely N-dealkylation sites (tertiary alicyclic amines) is 1. The van der Waals surface area contributed by atoms with E-state index in [1.54, 1.807) is 0 Å². The maximum atomic E-state index is 15.0. The summed E-state index contributed by atoms with van der Waals surface area (Å²) in [5.41, 5.74) is 2.26. The van der Waals surface area contributed by atoms with E-state index in [-0.39, 0.29) is 16.9 Å². The molecule has 1 aromatic heterocycles. The quantitative estimate of drug-likeness (QED) is 0.262. The van der Waals surface area contributed by atoms with Gasteiger partial charge >= 0.3 is 12.1 Å². The maximum absolute atomic E-state index is 15.0. The van der Waals surface area contributed by atoms with Gasteiger partial charge in [0.15, 0.2) is 5.82 Å². The molecule has 0 bridgehead atoms. The normalized spacial score (nSPS) is 15.3. The first-order valence-corrected chi connectivity index (χ1v) is 13.9. The van der Waals surface area contributed by atoms with Gasteiger partial charge < -0.3 is 9.57 Å². The SMILES string of the molecule is O=C(ON(c1cscn1)S(=O)(=O)c1cc(Cl)c(OC2CCN(Cc3ccccc3)CC2)cc1F)C(F)(F)F. The molecule has 0 N–H and O–H groups in total. The number of nitrogens with zero attached hydrogens (tertiary/aromatic N) is 3. The lowest BCUT2D eigenvalue weighted by Crippen LogP contribution is -2.39. The van der Waals surface area contributed by atoms with Crippen LogP contribution in [0, 0.1) is 5.82 Å². The predicted molar refractivity (Wildman–Crippen MR) is 131 cm³/mol. The molecule has 1 aliphatic rings. The molecule has 1 saturated heterocycles. The van der Waals surface area contributed by atoms with Gasteiger partial charge in [0.2, 0.25) is 0 Å². The second-order valence-electron chi connectivity index (χ2n) is 8.25. The van der Waals surface area contributed by atoms with Crippen molar-refractivity contribution in [1.29, 1.82) is 0 Å². The second kappa shape index (κ2) is 11.4. The Bertz CT molecular complexity index is 1370. The fraction of sp³-hybridized carbons (Fsp3) is 0.304. The van der Waals surface area contributed by atoms with Crippen molar-refractivity contribution in [2.24, 2.45) is 0 Å². The molecule has 0 atom stereocenters. The minimum absolute atomic E-state index is 0.128. The highest BCUT2D eigenvalue weighted by Gasteiger charge is 2.45. The molecule has 0 unspecified atom stereocenters. The molecule has 0 radical (unpaired) electrons. The fourth-order valence-corrected chi connectivity index (χ4v) is 5.85. The number of benzene rings is 2. The van der Waals surface area contributed by atoms with Gasteiger partial charge in [-0.25, -0.2) is 14.2 Å². The van der Waals surface area contributed by atoms with Crippen LogP contribution in [0.3, 0.4) is 0 Å². The number of anilines is 1. The van der Waals surface area contributed by atoms with Gasteiger partial charge in [0.05, 0.1) is 10.5 Å². The number of ether oxygens (including phenoxy) is 1. The van der Waals surface area contributed by atoms with Gasteiger partial charge in [0, 0.05) is 31.1 Å². The number of piperidine rings is 1. The first-order chi connectivity index (χ1) is 17.9. The molecule has 2 aromatic carbocycles. The summed E-state index contributed by atoms with van der Waals surface area (Å²) in [5.74, 6) is -5.00. The molecule has 2 heterocycles. The molecule has 3 aromatic rings. The number of hydrogen-bond acceptors (Lipinski definition) is 8. The Balaban J connectivity index is 1.49. The van der Waals surface area contributed by atoms with Crippen LogP contribution >= 0.6 is 22.9 Å². The summed E-state index contributed by atoms with van der Waals surface area (Å²) in [4.78, 5) is 20.1. The molecule has 204 valence electrons. The molecule has 0 spiro atoms. The topological polar surface area (TPSA) is 89.0 Å². The van der Waals surface area contributed by atoms with E-state index in [1.807, 2.05) is 30.3 Å². The van der Waals surface area contributed by atoms with Gasteiger partial charge in [0.25, 0.3) is 10.0 Å². The first-order valence-electron chi connectivity index (χ1n) is 11.1. The van der Waals surface area contributed by atoms with Crippen molar-refractivity contribution in [3.63, 3.8) is 0 Å². The zero-order valence-corrected chi connectivity index (χ0v) is 21.8. The molecular formula is C23H20ClF4N3O5S2. The van der Waals surface area contributed by atoms with Gasteiger partial charge in [-0.2, -0.15) is 21.6 Å². The van der Waals surface area contributed by atoms with Crippen LogP contribution in [0.4, 0.5) is 23.4 Å². The van der Waals surface area contributed by atoms with Crippen LogP contribution in [0.15, 0.2) is 58.3 Å². The lowest BCUT2D eigenvalue weighted by atomic mass is 10.1. The van der Waals surface area contributed by atoms with Crippen molar-refractivity contribution in [2.45, 2.75) is 36.6 Å². The average molecular weight is 594 g/mol. The fourth-order valence-electron chi connectivity index (χ4n) is 3.74. The van der Waals surface area contributed by atoms with Crippen molar-refractivity contribution in [2.75, 3.05) is 17.6 Å². The van der Waals surface area contributed by atoms with Gasteiger partial charge in [-0.1, -0.05) is 46.4 Å².